The van der Waals surface area contributed by atoms with Gasteiger partial charge in [0.05, 0.1) is 18.8 Å². The van der Waals surface area contributed by atoms with E-state index in [-0.39, 0.29) is 13.2 Å². The van der Waals surface area contributed by atoms with Gasteiger partial charge in [-0.05, 0) is 31.0 Å². The van der Waals surface area contributed by atoms with E-state index >= 15 is 0 Å². The van der Waals surface area contributed by atoms with Gasteiger partial charge in [-0.25, -0.2) is 0 Å². The van der Waals surface area contributed by atoms with Gasteiger partial charge in [-0.15, -0.1) is 0 Å². The van der Waals surface area contributed by atoms with Crippen molar-refractivity contribution in [3.8, 4) is 0 Å². The van der Waals surface area contributed by atoms with Crippen molar-refractivity contribution in [2.24, 2.45) is 5.73 Å². The fourth-order valence-electron chi connectivity index (χ4n) is 1.44. The first-order valence-corrected chi connectivity index (χ1v) is 5.34. The van der Waals surface area contributed by atoms with Gasteiger partial charge in [-0.1, -0.05) is 12.1 Å². The van der Waals surface area contributed by atoms with Crippen molar-refractivity contribution >= 4 is 5.69 Å². The molecule has 0 fully saturated rings. The normalized spacial score (nSPS) is 11.6. The molecule has 0 saturated carbocycles. The molecule has 0 bridgehead atoms. The van der Waals surface area contributed by atoms with E-state index in [0.717, 1.165) is 16.8 Å². The van der Waals surface area contributed by atoms with E-state index in [2.05, 4.69) is 5.32 Å². The Morgan fingerprint density at radius 3 is 2.44 bits per heavy atom. The third kappa shape index (κ3) is 2.95. The second kappa shape index (κ2) is 5.30. The van der Waals surface area contributed by atoms with Gasteiger partial charge in [0.1, 0.15) is 0 Å². The van der Waals surface area contributed by atoms with Crippen LogP contribution in [0.5, 0.6) is 0 Å². The Labute approximate surface area is 96.1 Å². The van der Waals surface area contributed by atoms with Gasteiger partial charge in [-0.2, -0.15) is 0 Å². The standard InChI is InChI=1S/C12H20N2O2/c1-9-3-4-10(6-13)11(5-9)14-12(2,7-15)8-16/h3-5,14-16H,6-8,13H2,1-2H3. The second-order valence-corrected chi connectivity index (χ2v) is 4.37. The molecule has 1 aromatic rings. The predicted octanol–water partition coefficient (Wildman–Crippen LogP) is 0.609. The molecule has 0 aliphatic heterocycles. The van der Waals surface area contributed by atoms with Gasteiger partial charge < -0.3 is 21.3 Å². The van der Waals surface area contributed by atoms with Crippen LogP contribution in [0.3, 0.4) is 0 Å². The fraction of sp³-hybridized carbons (Fsp3) is 0.500. The number of aliphatic hydroxyl groups excluding tert-OH is 2. The molecule has 4 nitrogen and oxygen atoms in total. The number of anilines is 1. The first-order valence-electron chi connectivity index (χ1n) is 5.34. The summed E-state index contributed by atoms with van der Waals surface area (Å²) >= 11 is 0. The van der Waals surface area contributed by atoms with Gasteiger partial charge in [0.15, 0.2) is 0 Å². The number of hydrogen-bond acceptors (Lipinski definition) is 4. The first kappa shape index (κ1) is 13.0. The maximum absolute atomic E-state index is 9.23. The highest BCUT2D eigenvalue weighted by molar-refractivity contribution is 5.54. The number of nitrogens with one attached hydrogen (secondary N) is 1. The highest BCUT2D eigenvalue weighted by Gasteiger charge is 2.22. The fourth-order valence-corrected chi connectivity index (χ4v) is 1.44. The molecular formula is C12H20N2O2. The summed E-state index contributed by atoms with van der Waals surface area (Å²) in [5.74, 6) is 0. The van der Waals surface area contributed by atoms with E-state index in [4.69, 9.17) is 5.73 Å². The zero-order valence-corrected chi connectivity index (χ0v) is 9.83. The van der Waals surface area contributed by atoms with Crippen molar-refractivity contribution in [1.82, 2.24) is 0 Å². The lowest BCUT2D eigenvalue weighted by Gasteiger charge is -2.29. The van der Waals surface area contributed by atoms with Crippen LogP contribution in [-0.2, 0) is 6.54 Å². The summed E-state index contributed by atoms with van der Waals surface area (Å²) in [5.41, 5.74) is 7.86. The number of aryl methyl sites for hydroxylation is 1. The molecule has 16 heavy (non-hydrogen) atoms. The minimum atomic E-state index is -0.724. The van der Waals surface area contributed by atoms with Crippen LogP contribution < -0.4 is 11.1 Å². The Bertz CT molecular complexity index is 349. The van der Waals surface area contributed by atoms with Gasteiger partial charge in [0.2, 0.25) is 0 Å². The number of nitrogens with two attached hydrogens (primary N) is 1. The summed E-state index contributed by atoms with van der Waals surface area (Å²) in [5, 5.41) is 21.6. The second-order valence-electron chi connectivity index (χ2n) is 4.37. The Balaban J connectivity index is 2.98. The van der Waals surface area contributed by atoms with E-state index in [1.807, 2.05) is 25.1 Å². The molecule has 0 atom stereocenters. The molecule has 0 unspecified atom stereocenters. The van der Waals surface area contributed by atoms with E-state index in [9.17, 15) is 10.2 Å². The van der Waals surface area contributed by atoms with Crippen LogP contribution in [0.25, 0.3) is 0 Å². The van der Waals surface area contributed by atoms with Crippen molar-refractivity contribution in [2.45, 2.75) is 25.9 Å². The molecule has 0 aliphatic carbocycles. The molecule has 0 aromatic heterocycles. The minimum absolute atomic E-state index is 0.137. The summed E-state index contributed by atoms with van der Waals surface area (Å²) in [4.78, 5) is 0. The zero-order chi connectivity index (χ0) is 12.2. The lowest BCUT2D eigenvalue weighted by Crippen LogP contribution is -2.42. The summed E-state index contributed by atoms with van der Waals surface area (Å²) < 4.78 is 0. The van der Waals surface area contributed by atoms with Crippen LogP contribution in [0.2, 0.25) is 0 Å². The van der Waals surface area contributed by atoms with Crippen molar-refractivity contribution in [1.29, 1.82) is 0 Å². The average Bonchev–Trinajstić information content (AvgIpc) is 2.29. The summed E-state index contributed by atoms with van der Waals surface area (Å²) in [6.07, 6.45) is 0. The Kier molecular flexibility index (Phi) is 4.29. The van der Waals surface area contributed by atoms with Gasteiger partial charge >= 0.3 is 0 Å². The van der Waals surface area contributed by atoms with Crippen molar-refractivity contribution < 1.29 is 10.2 Å². The Hall–Kier alpha value is -1.10. The highest BCUT2D eigenvalue weighted by atomic mass is 16.3. The van der Waals surface area contributed by atoms with Gasteiger partial charge in [0.25, 0.3) is 0 Å². The molecular weight excluding hydrogens is 204 g/mol. The molecule has 1 rings (SSSR count). The quantitative estimate of drug-likeness (QED) is 0.591. The molecule has 0 heterocycles. The largest absolute Gasteiger partial charge is 0.394 e. The Morgan fingerprint density at radius 2 is 1.94 bits per heavy atom. The van der Waals surface area contributed by atoms with E-state index in [1.165, 1.54) is 0 Å². The molecule has 1 aromatic carbocycles. The summed E-state index contributed by atoms with van der Waals surface area (Å²) in [6.45, 7) is 3.90. The van der Waals surface area contributed by atoms with Crippen molar-refractivity contribution in [2.75, 3.05) is 18.5 Å². The average molecular weight is 224 g/mol. The molecule has 5 N–H and O–H groups in total. The molecule has 4 heteroatoms. The number of benzene rings is 1. The van der Waals surface area contributed by atoms with Crippen LogP contribution in [0.15, 0.2) is 18.2 Å². The SMILES string of the molecule is Cc1ccc(CN)c(NC(C)(CO)CO)c1. The monoisotopic (exact) mass is 224 g/mol. The summed E-state index contributed by atoms with van der Waals surface area (Å²) in [6, 6.07) is 5.90. The first-order chi connectivity index (χ1) is 7.54. The van der Waals surface area contributed by atoms with Crippen LogP contribution in [0.1, 0.15) is 18.1 Å². The number of aliphatic hydroxyl groups is 2. The topological polar surface area (TPSA) is 78.5 Å². The lowest BCUT2D eigenvalue weighted by atomic mass is 10.0. The minimum Gasteiger partial charge on any atom is -0.394 e. The zero-order valence-electron chi connectivity index (χ0n) is 9.83. The number of hydrogen-bond donors (Lipinski definition) is 4. The van der Waals surface area contributed by atoms with Crippen molar-refractivity contribution in [3.05, 3.63) is 29.3 Å². The molecule has 0 amide bonds. The lowest BCUT2D eigenvalue weighted by molar-refractivity contribution is 0.147. The Morgan fingerprint density at radius 1 is 1.31 bits per heavy atom. The van der Waals surface area contributed by atoms with Crippen LogP contribution >= 0.6 is 0 Å². The molecule has 90 valence electrons. The molecule has 0 radical (unpaired) electrons. The number of rotatable bonds is 5. The van der Waals surface area contributed by atoms with Gasteiger partial charge in [-0.3, -0.25) is 0 Å². The van der Waals surface area contributed by atoms with Crippen LogP contribution in [0.4, 0.5) is 5.69 Å². The summed E-state index contributed by atoms with van der Waals surface area (Å²) in [7, 11) is 0. The highest BCUT2D eigenvalue weighted by Crippen LogP contribution is 2.21. The molecule has 0 aliphatic rings. The van der Waals surface area contributed by atoms with Crippen LogP contribution in [-0.4, -0.2) is 29.0 Å². The maximum atomic E-state index is 9.23. The third-order valence-electron chi connectivity index (χ3n) is 2.62. The predicted molar refractivity (Wildman–Crippen MR) is 65.3 cm³/mol. The smallest absolute Gasteiger partial charge is 0.0806 e. The molecule has 0 saturated heterocycles. The maximum Gasteiger partial charge on any atom is 0.0806 e. The van der Waals surface area contributed by atoms with Crippen LogP contribution in [0, 0.1) is 6.92 Å². The van der Waals surface area contributed by atoms with E-state index < -0.39 is 5.54 Å². The van der Waals surface area contributed by atoms with Gasteiger partial charge in [0, 0.05) is 12.2 Å². The van der Waals surface area contributed by atoms with Crippen molar-refractivity contribution in [3.63, 3.8) is 0 Å². The van der Waals surface area contributed by atoms with E-state index in [1.54, 1.807) is 6.92 Å². The molecule has 0 spiro atoms. The third-order valence-corrected chi connectivity index (χ3v) is 2.62. The van der Waals surface area contributed by atoms with E-state index in [0.29, 0.717) is 6.54 Å².